The molecule has 0 fully saturated rings. The van der Waals surface area contributed by atoms with Crippen molar-refractivity contribution in [3.63, 3.8) is 0 Å². The normalized spacial score (nSPS) is 12.2. The lowest BCUT2D eigenvalue weighted by Gasteiger charge is -2.08. The van der Waals surface area contributed by atoms with E-state index in [0.717, 1.165) is 48.4 Å². The summed E-state index contributed by atoms with van der Waals surface area (Å²) in [6.07, 6.45) is 4.15. The van der Waals surface area contributed by atoms with Crippen molar-refractivity contribution >= 4 is 54.3 Å². The molecule has 6 rings (SSSR count). The standard InChI is InChI=1S/C28H24O2/c1-3-5-21-11-19-13-25-17(15-27(19)29-21)7-9-24-23(25)10-8-18-16-28-20(14-26(18)24)12-22(30-28)6-4-2/h7-16H,3-6H2,1-2H3. The first-order valence-electron chi connectivity index (χ1n) is 11.0. The highest BCUT2D eigenvalue weighted by molar-refractivity contribution is 6.20. The van der Waals surface area contributed by atoms with Gasteiger partial charge in [-0.2, -0.15) is 0 Å². The van der Waals surface area contributed by atoms with E-state index in [1.165, 1.54) is 43.1 Å². The molecule has 2 heteroatoms. The van der Waals surface area contributed by atoms with E-state index < -0.39 is 0 Å². The zero-order valence-corrected chi connectivity index (χ0v) is 17.4. The van der Waals surface area contributed by atoms with E-state index in [1.807, 2.05) is 0 Å². The predicted octanol–water partition coefficient (Wildman–Crippen LogP) is 8.54. The third kappa shape index (κ3) is 2.64. The molecule has 0 saturated heterocycles. The molecular weight excluding hydrogens is 368 g/mol. The Kier molecular flexibility index (Phi) is 3.89. The Morgan fingerprint density at radius 3 is 1.40 bits per heavy atom. The molecule has 0 N–H and O–H groups in total. The first-order valence-corrected chi connectivity index (χ1v) is 11.0. The highest BCUT2D eigenvalue weighted by atomic mass is 16.3. The van der Waals surface area contributed by atoms with Crippen LogP contribution in [0.2, 0.25) is 0 Å². The summed E-state index contributed by atoms with van der Waals surface area (Å²) < 4.78 is 12.1. The van der Waals surface area contributed by atoms with Crippen LogP contribution in [-0.4, -0.2) is 0 Å². The molecule has 2 heterocycles. The van der Waals surface area contributed by atoms with E-state index in [9.17, 15) is 0 Å². The predicted molar refractivity (Wildman–Crippen MR) is 126 cm³/mol. The van der Waals surface area contributed by atoms with Crippen molar-refractivity contribution in [2.45, 2.75) is 39.5 Å². The van der Waals surface area contributed by atoms with Gasteiger partial charge in [-0.25, -0.2) is 0 Å². The Morgan fingerprint density at radius 1 is 0.500 bits per heavy atom. The van der Waals surface area contributed by atoms with E-state index in [0.29, 0.717) is 0 Å². The van der Waals surface area contributed by atoms with Crippen LogP contribution in [0.5, 0.6) is 0 Å². The van der Waals surface area contributed by atoms with Crippen molar-refractivity contribution in [1.29, 1.82) is 0 Å². The molecule has 0 aliphatic heterocycles. The third-order valence-electron chi connectivity index (χ3n) is 6.20. The van der Waals surface area contributed by atoms with E-state index in [1.54, 1.807) is 0 Å². The highest BCUT2D eigenvalue weighted by Crippen LogP contribution is 2.36. The van der Waals surface area contributed by atoms with Crippen LogP contribution >= 0.6 is 0 Å². The van der Waals surface area contributed by atoms with Gasteiger partial charge in [-0.05, 0) is 81.6 Å². The van der Waals surface area contributed by atoms with Crippen LogP contribution in [0.25, 0.3) is 54.3 Å². The van der Waals surface area contributed by atoms with Gasteiger partial charge in [-0.15, -0.1) is 0 Å². The van der Waals surface area contributed by atoms with E-state index in [-0.39, 0.29) is 0 Å². The zero-order valence-electron chi connectivity index (χ0n) is 17.4. The minimum atomic E-state index is 0.981. The molecule has 0 spiro atoms. The minimum Gasteiger partial charge on any atom is -0.461 e. The zero-order chi connectivity index (χ0) is 20.2. The lowest BCUT2D eigenvalue weighted by molar-refractivity contribution is 0.544. The molecule has 0 unspecified atom stereocenters. The summed E-state index contributed by atoms with van der Waals surface area (Å²) in [6, 6.07) is 22.3. The summed E-state index contributed by atoms with van der Waals surface area (Å²) in [5.41, 5.74) is 1.96. The number of hydrogen-bond donors (Lipinski definition) is 0. The minimum absolute atomic E-state index is 0.981. The van der Waals surface area contributed by atoms with Crippen molar-refractivity contribution in [1.82, 2.24) is 0 Å². The fourth-order valence-electron chi connectivity index (χ4n) is 4.79. The molecule has 0 aliphatic carbocycles. The fourth-order valence-corrected chi connectivity index (χ4v) is 4.79. The van der Waals surface area contributed by atoms with Crippen LogP contribution in [0, 0.1) is 0 Å². The number of hydrogen-bond acceptors (Lipinski definition) is 2. The Bertz CT molecular complexity index is 1440. The monoisotopic (exact) mass is 392 g/mol. The van der Waals surface area contributed by atoms with Gasteiger partial charge in [0.15, 0.2) is 0 Å². The summed E-state index contributed by atoms with van der Waals surface area (Å²) >= 11 is 0. The second-order valence-electron chi connectivity index (χ2n) is 8.37. The number of benzene rings is 4. The van der Waals surface area contributed by atoms with Crippen LogP contribution in [0.3, 0.4) is 0 Å². The number of rotatable bonds is 4. The van der Waals surface area contributed by atoms with E-state index in [2.05, 4.69) is 74.5 Å². The van der Waals surface area contributed by atoms with Gasteiger partial charge >= 0.3 is 0 Å². The first kappa shape index (κ1) is 17.6. The smallest absolute Gasteiger partial charge is 0.134 e. The van der Waals surface area contributed by atoms with Crippen molar-refractivity contribution in [3.05, 3.63) is 72.2 Å². The summed E-state index contributed by atoms with van der Waals surface area (Å²) in [7, 11) is 0. The molecule has 0 radical (unpaired) electrons. The second kappa shape index (κ2) is 6.63. The molecule has 2 nitrogen and oxygen atoms in total. The van der Waals surface area contributed by atoms with Crippen LogP contribution < -0.4 is 0 Å². The Balaban J connectivity index is 1.62. The molecule has 0 bridgehead atoms. The highest BCUT2D eigenvalue weighted by Gasteiger charge is 2.11. The molecule has 4 aromatic carbocycles. The maximum absolute atomic E-state index is 6.06. The van der Waals surface area contributed by atoms with Crippen molar-refractivity contribution in [3.8, 4) is 0 Å². The van der Waals surface area contributed by atoms with Gasteiger partial charge in [0.1, 0.15) is 22.7 Å². The number of aryl methyl sites for hydroxylation is 2. The van der Waals surface area contributed by atoms with Gasteiger partial charge in [0.2, 0.25) is 0 Å². The summed E-state index contributed by atoms with van der Waals surface area (Å²) in [5, 5.41) is 9.96. The van der Waals surface area contributed by atoms with Crippen LogP contribution in [-0.2, 0) is 12.8 Å². The van der Waals surface area contributed by atoms with Crippen LogP contribution in [0.4, 0.5) is 0 Å². The quantitative estimate of drug-likeness (QED) is 0.281. The lowest BCUT2D eigenvalue weighted by atomic mass is 9.95. The van der Waals surface area contributed by atoms with E-state index >= 15 is 0 Å². The molecule has 0 aliphatic rings. The molecule has 0 atom stereocenters. The molecular formula is C28H24O2. The Hall–Kier alpha value is -3.26. The van der Waals surface area contributed by atoms with Gasteiger partial charge in [0.25, 0.3) is 0 Å². The van der Waals surface area contributed by atoms with E-state index in [4.69, 9.17) is 8.83 Å². The topological polar surface area (TPSA) is 26.3 Å². The Morgan fingerprint density at radius 2 is 0.967 bits per heavy atom. The average Bonchev–Trinajstić information content (AvgIpc) is 3.32. The average molecular weight is 392 g/mol. The van der Waals surface area contributed by atoms with Gasteiger partial charge in [-0.3, -0.25) is 0 Å². The summed E-state index contributed by atoms with van der Waals surface area (Å²) in [4.78, 5) is 0. The maximum atomic E-state index is 6.06. The third-order valence-corrected chi connectivity index (χ3v) is 6.20. The SMILES string of the molecule is CCCc1cc2cc3c(ccc4c5cc6cc(CCC)oc6cc5ccc34)cc2o1. The lowest BCUT2D eigenvalue weighted by Crippen LogP contribution is -1.81. The Labute approximate surface area is 175 Å². The maximum Gasteiger partial charge on any atom is 0.134 e. The van der Waals surface area contributed by atoms with Gasteiger partial charge in [0, 0.05) is 23.6 Å². The van der Waals surface area contributed by atoms with Crippen molar-refractivity contribution in [2.24, 2.45) is 0 Å². The molecule has 30 heavy (non-hydrogen) atoms. The summed E-state index contributed by atoms with van der Waals surface area (Å²) in [6.45, 7) is 4.37. The van der Waals surface area contributed by atoms with Gasteiger partial charge in [-0.1, -0.05) is 38.1 Å². The molecule has 0 amide bonds. The van der Waals surface area contributed by atoms with Crippen molar-refractivity contribution in [2.75, 3.05) is 0 Å². The molecule has 0 saturated carbocycles. The largest absolute Gasteiger partial charge is 0.461 e. The summed E-state index contributed by atoms with van der Waals surface area (Å²) in [5.74, 6) is 2.14. The second-order valence-corrected chi connectivity index (χ2v) is 8.37. The van der Waals surface area contributed by atoms with Gasteiger partial charge < -0.3 is 8.83 Å². The van der Waals surface area contributed by atoms with Crippen LogP contribution in [0.15, 0.2) is 69.5 Å². The number of furan rings is 2. The molecule has 148 valence electrons. The fraction of sp³-hybridized carbons (Fsp3) is 0.214. The van der Waals surface area contributed by atoms with Crippen molar-refractivity contribution < 1.29 is 8.83 Å². The van der Waals surface area contributed by atoms with Crippen LogP contribution in [0.1, 0.15) is 38.2 Å². The van der Waals surface area contributed by atoms with Gasteiger partial charge in [0.05, 0.1) is 0 Å². The number of fused-ring (bicyclic) bond motifs is 7. The molecule has 6 aromatic rings. The molecule has 2 aromatic heterocycles. The first-order chi connectivity index (χ1) is 14.7.